The molecule has 2 fully saturated rings. The third-order valence-electron chi connectivity index (χ3n) is 3.95. The maximum atomic E-state index is 12.0. The highest BCUT2D eigenvalue weighted by atomic mass is 16.1. The van der Waals surface area contributed by atoms with Crippen molar-refractivity contribution in [1.82, 2.24) is 4.90 Å². The molecule has 1 atom stereocenters. The van der Waals surface area contributed by atoms with Crippen molar-refractivity contribution < 1.29 is 9.59 Å². The maximum absolute atomic E-state index is 12.0. The van der Waals surface area contributed by atoms with Gasteiger partial charge in [-0.2, -0.15) is 0 Å². The van der Waals surface area contributed by atoms with Crippen LogP contribution < -0.4 is 0 Å². The summed E-state index contributed by atoms with van der Waals surface area (Å²) in [4.78, 5) is 25.5. The summed E-state index contributed by atoms with van der Waals surface area (Å²) >= 11 is 0. The van der Waals surface area contributed by atoms with Crippen molar-refractivity contribution in [3.05, 3.63) is 0 Å². The third-order valence-corrected chi connectivity index (χ3v) is 3.95. The number of nitrogens with zero attached hydrogens (tertiary/aromatic N) is 1. The molecule has 0 bridgehead atoms. The Morgan fingerprint density at radius 2 is 2.06 bits per heavy atom. The summed E-state index contributed by atoms with van der Waals surface area (Å²) in [6.45, 7) is 4.09. The number of hydrogen-bond acceptors (Lipinski definition) is 3. The zero-order valence-electron chi connectivity index (χ0n) is 10.1. The standard InChI is InChI=1S/C13H21NO2/c1-10-8-14(7-6-12(10)15)9-13(16)11-4-2-3-5-11/h10-11H,2-9H2,1H3. The number of likely N-dealkylation sites (tertiary alicyclic amines) is 1. The highest BCUT2D eigenvalue weighted by Crippen LogP contribution is 2.26. The zero-order valence-corrected chi connectivity index (χ0v) is 10.1. The van der Waals surface area contributed by atoms with E-state index < -0.39 is 0 Å². The van der Waals surface area contributed by atoms with Gasteiger partial charge in [0.1, 0.15) is 11.6 Å². The second-order valence-corrected chi connectivity index (χ2v) is 5.30. The van der Waals surface area contributed by atoms with Crippen molar-refractivity contribution >= 4 is 11.6 Å². The van der Waals surface area contributed by atoms with Gasteiger partial charge in [0.05, 0.1) is 6.54 Å². The monoisotopic (exact) mass is 223 g/mol. The highest BCUT2D eigenvalue weighted by Gasteiger charge is 2.28. The number of hydrogen-bond donors (Lipinski definition) is 0. The van der Waals surface area contributed by atoms with Gasteiger partial charge in [0.25, 0.3) is 0 Å². The van der Waals surface area contributed by atoms with Crippen molar-refractivity contribution in [2.45, 2.75) is 39.0 Å². The first-order chi connectivity index (χ1) is 7.66. The minimum Gasteiger partial charge on any atom is -0.299 e. The Labute approximate surface area is 97.2 Å². The first kappa shape index (κ1) is 11.8. The van der Waals surface area contributed by atoms with Gasteiger partial charge in [0, 0.05) is 31.3 Å². The fourth-order valence-electron chi connectivity index (χ4n) is 2.84. The van der Waals surface area contributed by atoms with Crippen LogP contribution in [0.5, 0.6) is 0 Å². The van der Waals surface area contributed by atoms with Crippen molar-refractivity contribution in [2.75, 3.05) is 19.6 Å². The van der Waals surface area contributed by atoms with Crippen LogP contribution in [0.4, 0.5) is 0 Å². The lowest BCUT2D eigenvalue weighted by Crippen LogP contribution is -2.43. The highest BCUT2D eigenvalue weighted by molar-refractivity contribution is 5.84. The van der Waals surface area contributed by atoms with Crippen LogP contribution in [0.1, 0.15) is 39.0 Å². The summed E-state index contributed by atoms with van der Waals surface area (Å²) in [5.74, 6) is 1.18. The molecule has 16 heavy (non-hydrogen) atoms. The van der Waals surface area contributed by atoms with Crippen LogP contribution in [0, 0.1) is 11.8 Å². The number of ketones is 2. The van der Waals surface area contributed by atoms with Gasteiger partial charge in [-0.1, -0.05) is 19.8 Å². The van der Waals surface area contributed by atoms with Gasteiger partial charge in [0.2, 0.25) is 0 Å². The van der Waals surface area contributed by atoms with Gasteiger partial charge < -0.3 is 0 Å². The van der Waals surface area contributed by atoms with Crippen molar-refractivity contribution in [3.8, 4) is 0 Å². The Balaban J connectivity index is 1.80. The fourth-order valence-corrected chi connectivity index (χ4v) is 2.84. The van der Waals surface area contributed by atoms with Gasteiger partial charge in [-0.05, 0) is 12.8 Å². The van der Waals surface area contributed by atoms with Gasteiger partial charge >= 0.3 is 0 Å². The quantitative estimate of drug-likeness (QED) is 0.730. The van der Waals surface area contributed by atoms with Gasteiger partial charge in [-0.3, -0.25) is 14.5 Å². The van der Waals surface area contributed by atoms with Crippen LogP contribution in [0.2, 0.25) is 0 Å². The summed E-state index contributed by atoms with van der Waals surface area (Å²) in [5, 5.41) is 0. The molecule has 2 rings (SSSR count). The molecule has 0 spiro atoms. The van der Waals surface area contributed by atoms with E-state index in [4.69, 9.17) is 0 Å². The molecule has 1 heterocycles. The second kappa shape index (κ2) is 5.09. The molecule has 0 N–H and O–H groups in total. The lowest BCUT2D eigenvalue weighted by molar-refractivity contribution is -0.129. The molecule has 0 amide bonds. The van der Waals surface area contributed by atoms with E-state index in [1.165, 1.54) is 12.8 Å². The molecule has 1 aliphatic carbocycles. The van der Waals surface area contributed by atoms with E-state index in [2.05, 4.69) is 4.90 Å². The van der Waals surface area contributed by atoms with Crippen LogP contribution in [-0.4, -0.2) is 36.1 Å². The lowest BCUT2D eigenvalue weighted by Gasteiger charge is -2.29. The molecule has 2 aliphatic rings. The van der Waals surface area contributed by atoms with Crippen LogP contribution >= 0.6 is 0 Å². The van der Waals surface area contributed by atoms with E-state index in [1.807, 2.05) is 6.92 Å². The molecule has 0 aromatic rings. The molecule has 3 heteroatoms. The molecule has 90 valence electrons. The minimum absolute atomic E-state index is 0.116. The van der Waals surface area contributed by atoms with Crippen LogP contribution in [-0.2, 0) is 9.59 Å². The summed E-state index contributed by atoms with van der Waals surface area (Å²) in [5.41, 5.74) is 0. The molecule has 0 aromatic heterocycles. The SMILES string of the molecule is CC1CN(CC(=O)C2CCCC2)CCC1=O. The van der Waals surface area contributed by atoms with Gasteiger partial charge in [0.15, 0.2) is 0 Å². The molecule has 1 aliphatic heterocycles. The van der Waals surface area contributed by atoms with Gasteiger partial charge in [-0.15, -0.1) is 0 Å². The van der Waals surface area contributed by atoms with E-state index in [1.54, 1.807) is 0 Å². The number of carbonyl (C=O) groups excluding carboxylic acids is 2. The van der Waals surface area contributed by atoms with Crippen LogP contribution in [0.25, 0.3) is 0 Å². The van der Waals surface area contributed by atoms with E-state index in [9.17, 15) is 9.59 Å². The zero-order chi connectivity index (χ0) is 11.5. The Morgan fingerprint density at radius 3 is 2.69 bits per heavy atom. The number of rotatable bonds is 3. The smallest absolute Gasteiger partial charge is 0.149 e. The first-order valence-corrected chi connectivity index (χ1v) is 6.44. The Hall–Kier alpha value is -0.700. The average Bonchev–Trinajstić information content (AvgIpc) is 2.77. The van der Waals surface area contributed by atoms with E-state index >= 15 is 0 Å². The summed E-state index contributed by atoms with van der Waals surface area (Å²) in [7, 11) is 0. The van der Waals surface area contributed by atoms with Crippen LogP contribution in [0.3, 0.4) is 0 Å². The molecule has 1 saturated carbocycles. The van der Waals surface area contributed by atoms with E-state index in [-0.39, 0.29) is 5.92 Å². The Kier molecular flexibility index (Phi) is 3.74. The third kappa shape index (κ3) is 2.70. The minimum atomic E-state index is 0.116. The Bertz CT molecular complexity index is 282. The summed E-state index contributed by atoms with van der Waals surface area (Å²) in [6.07, 6.45) is 5.22. The maximum Gasteiger partial charge on any atom is 0.149 e. The predicted molar refractivity (Wildman–Crippen MR) is 62.2 cm³/mol. The molecule has 1 unspecified atom stereocenters. The van der Waals surface area contributed by atoms with Crippen molar-refractivity contribution in [3.63, 3.8) is 0 Å². The number of Topliss-reactive ketones (excluding diaryl/α,β-unsaturated/α-hetero) is 2. The second-order valence-electron chi connectivity index (χ2n) is 5.30. The average molecular weight is 223 g/mol. The molecular weight excluding hydrogens is 202 g/mol. The van der Waals surface area contributed by atoms with Gasteiger partial charge in [-0.25, -0.2) is 0 Å². The van der Waals surface area contributed by atoms with Crippen LogP contribution in [0.15, 0.2) is 0 Å². The number of piperidine rings is 1. The lowest BCUT2D eigenvalue weighted by atomic mass is 9.96. The van der Waals surface area contributed by atoms with Crippen molar-refractivity contribution in [2.24, 2.45) is 11.8 Å². The molecule has 3 nitrogen and oxygen atoms in total. The molecule has 0 aromatic carbocycles. The van der Waals surface area contributed by atoms with E-state index in [0.29, 0.717) is 30.4 Å². The molecular formula is C13H21NO2. The first-order valence-electron chi connectivity index (χ1n) is 6.44. The topological polar surface area (TPSA) is 37.4 Å². The summed E-state index contributed by atoms with van der Waals surface area (Å²) in [6, 6.07) is 0. The summed E-state index contributed by atoms with van der Waals surface area (Å²) < 4.78 is 0. The predicted octanol–water partition coefficient (Wildman–Crippen LogP) is 1.66. The normalized spacial score (nSPS) is 28.6. The largest absolute Gasteiger partial charge is 0.299 e. The fraction of sp³-hybridized carbons (Fsp3) is 0.846. The molecule has 0 radical (unpaired) electrons. The van der Waals surface area contributed by atoms with Crippen molar-refractivity contribution in [1.29, 1.82) is 0 Å². The molecule has 1 saturated heterocycles. The van der Waals surface area contributed by atoms with E-state index in [0.717, 1.165) is 25.9 Å². The Morgan fingerprint density at radius 1 is 1.38 bits per heavy atom. The number of carbonyl (C=O) groups is 2.